The van der Waals surface area contributed by atoms with Crippen LogP contribution in [0.2, 0.25) is 5.02 Å². The summed E-state index contributed by atoms with van der Waals surface area (Å²) in [6.07, 6.45) is 2.66. The van der Waals surface area contributed by atoms with Gasteiger partial charge in [0.1, 0.15) is 11.4 Å². The first kappa shape index (κ1) is 20.7. The van der Waals surface area contributed by atoms with E-state index in [4.69, 9.17) is 16.3 Å². The quantitative estimate of drug-likeness (QED) is 0.316. The number of halogens is 1. The lowest BCUT2D eigenvalue weighted by Crippen LogP contribution is -2.24. The standard InChI is InChI=1S/C25H21ClN2O3/c1-3-16-7-10-18(11-8-16)27-25(30)24(29)23-20(15-19-6-4-5-13-28(19)23)17-9-12-22(31-2)21(26)14-17/h4-15H,3H2,1-2H3,(H,27,30). The number of hydrogen-bond donors (Lipinski definition) is 1. The lowest BCUT2D eigenvalue weighted by atomic mass is 10.0. The fourth-order valence-electron chi connectivity index (χ4n) is 3.53. The Hall–Kier alpha value is -3.57. The van der Waals surface area contributed by atoms with Crippen molar-refractivity contribution < 1.29 is 14.3 Å². The van der Waals surface area contributed by atoms with Gasteiger partial charge in [-0.15, -0.1) is 0 Å². The first-order valence-electron chi connectivity index (χ1n) is 9.90. The number of nitrogens with zero attached hydrogens (tertiary/aromatic N) is 1. The Balaban J connectivity index is 1.74. The lowest BCUT2D eigenvalue weighted by Gasteiger charge is -2.09. The third-order valence-electron chi connectivity index (χ3n) is 5.18. The lowest BCUT2D eigenvalue weighted by molar-refractivity contribution is -0.112. The van der Waals surface area contributed by atoms with Crippen molar-refractivity contribution in [1.82, 2.24) is 4.40 Å². The maximum atomic E-state index is 13.3. The summed E-state index contributed by atoms with van der Waals surface area (Å²) in [5.74, 6) is -0.794. The molecule has 0 bridgehead atoms. The Morgan fingerprint density at radius 1 is 1.03 bits per heavy atom. The number of benzene rings is 2. The minimum Gasteiger partial charge on any atom is -0.495 e. The highest BCUT2D eigenvalue weighted by Gasteiger charge is 2.25. The van der Waals surface area contributed by atoms with Crippen molar-refractivity contribution in [2.75, 3.05) is 12.4 Å². The number of ether oxygens (including phenoxy) is 1. The normalized spacial score (nSPS) is 10.8. The van der Waals surface area contributed by atoms with Gasteiger partial charge in [-0.1, -0.05) is 42.8 Å². The van der Waals surface area contributed by atoms with E-state index in [1.807, 2.05) is 42.5 Å². The number of fused-ring (bicyclic) bond motifs is 1. The van der Waals surface area contributed by atoms with E-state index >= 15 is 0 Å². The zero-order valence-electron chi connectivity index (χ0n) is 17.2. The molecule has 0 aliphatic carbocycles. The monoisotopic (exact) mass is 432 g/mol. The zero-order valence-corrected chi connectivity index (χ0v) is 17.9. The van der Waals surface area contributed by atoms with Gasteiger partial charge in [0.25, 0.3) is 11.7 Å². The van der Waals surface area contributed by atoms with Crippen molar-refractivity contribution in [1.29, 1.82) is 0 Å². The Morgan fingerprint density at radius 3 is 2.48 bits per heavy atom. The van der Waals surface area contributed by atoms with E-state index in [1.54, 1.807) is 42.0 Å². The molecule has 31 heavy (non-hydrogen) atoms. The van der Waals surface area contributed by atoms with Crippen molar-refractivity contribution >= 4 is 34.5 Å². The van der Waals surface area contributed by atoms with Crippen LogP contribution >= 0.6 is 11.6 Å². The zero-order chi connectivity index (χ0) is 22.0. The van der Waals surface area contributed by atoms with Crippen molar-refractivity contribution in [2.45, 2.75) is 13.3 Å². The number of anilines is 1. The Kier molecular flexibility index (Phi) is 5.78. The average molecular weight is 433 g/mol. The third kappa shape index (κ3) is 4.05. The van der Waals surface area contributed by atoms with Crippen LogP contribution < -0.4 is 10.1 Å². The summed E-state index contributed by atoms with van der Waals surface area (Å²) in [6, 6.07) is 20.2. The second-order valence-electron chi connectivity index (χ2n) is 7.09. The molecular formula is C25H21ClN2O3. The molecule has 0 aliphatic heterocycles. The average Bonchev–Trinajstić information content (AvgIpc) is 3.18. The fraction of sp³-hybridized carbons (Fsp3) is 0.120. The predicted molar refractivity (Wildman–Crippen MR) is 123 cm³/mol. The molecule has 2 heterocycles. The van der Waals surface area contributed by atoms with E-state index in [9.17, 15) is 9.59 Å². The number of ketones is 1. The fourth-order valence-corrected chi connectivity index (χ4v) is 3.79. The Morgan fingerprint density at radius 2 is 1.81 bits per heavy atom. The summed E-state index contributed by atoms with van der Waals surface area (Å²) in [7, 11) is 1.54. The van der Waals surface area contributed by atoms with E-state index in [1.165, 1.54) is 0 Å². The number of nitrogens with one attached hydrogen (secondary N) is 1. The molecule has 6 heteroatoms. The maximum absolute atomic E-state index is 13.3. The molecule has 4 rings (SSSR count). The second-order valence-corrected chi connectivity index (χ2v) is 7.49. The number of methoxy groups -OCH3 is 1. The smallest absolute Gasteiger partial charge is 0.298 e. The number of carbonyl (C=O) groups excluding carboxylic acids is 2. The number of aromatic nitrogens is 1. The number of hydrogen-bond acceptors (Lipinski definition) is 3. The molecule has 0 atom stereocenters. The number of aryl methyl sites for hydroxylation is 1. The molecule has 4 aromatic rings. The van der Waals surface area contributed by atoms with Gasteiger partial charge in [0.05, 0.1) is 12.1 Å². The van der Waals surface area contributed by atoms with Crippen LogP contribution in [0.1, 0.15) is 23.0 Å². The minimum absolute atomic E-state index is 0.277. The number of rotatable bonds is 6. The van der Waals surface area contributed by atoms with Crippen molar-refractivity contribution in [3.8, 4) is 16.9 Å². The van der Waals surface area contributed by atoms with E-state index in [2.05, 4.69) is 12.2 Å². The molecule has 1 N–H and O–H groups in total. The van der Waals surface area contributed by atoms with Gasteiger partial charge < -0.3 is 14.5 Å². The van der Waals surface area contributed by atoms with E-state index in [0.717, 1.165) is 23.1 Å². The van der Waals surface area contributed by atoms with Crippen LogP contribution in [-0.2, 0) is 11.2 Å². The van der Waals surface area contributed by atoms with Gasteiger partial charge in [-0.3, -0.25) is 9.59 Å². The van der Waals surface area contributed by atoms with E-state index < -0.39 is 11.7 Å². The summed E-state index contributed by atoms with van der Waals surface area (Å²) < 4.78 is 6.94. The third-order valence-corrected chi connectivity index (χ3v) is 5.48. The van der Waals surface area contributed by atoms with Gasteiger partial charge >= 0.3 is 0 Å². The highest BCUT2D eigenvalue weighted by Crippen LogP contribution is 2.34. The van der Waals surface area contributed by atoms with Crippen LogP contribution in [0.25, 0.3) is 16.6 Å². The van der Waals surface area contributed by atoms with Crippen LogP contribution in [0.4, 0.5) is 5.69 Å². The largest absolute Gasteiger partial charge is 0.495 e. The second kappa shape index (κ2) is 8.66. The van der Waals surface area contributed by atoms with Crippen molar-refractivity contribution in [3.63, 3.8) is 0 Å². The van der Waals surface area contributed by atoms with Gasteiger partial charge in [0, 0.05) is 23.0 Å². The molecule has 0 fully saturated rings. The summed E-state index contributed by atoms with van der Waals surface area (Å²) >= 11 is 6.31. The van der Waals surface area contributed by atoms with Gasteiger partial charge in [-0.05, 0) is 60.0 Å². The van der Waals surface area contributed by atoms with Gasteiger partial charge in [0.15, 0.2) is 0 Å². The summed E-state index contributed by atoms with van der Waals surface area (Å²) in [4.78, 5) is 26.1. The molecule has 0 saturated heterocycles. The number of pyridine rings is 1. The van der Waals surface area contributed by atoms with Gasteiger partial charge in [-0.2, -0.15) is 0 Å². The maximum Gasteiger partial charge on any atom is 0.298 e. The van der Waals surface area contributed by atoms with Crippen molar-refractivity contribution in [2.24, 2.45) is 0 Å². The molecule has 0 saturated carbocycles. The number of amides is 1. The van der Waals surface area contributed by atoms with Crippen LogP contribution in [-0.4, -0.2) is 23.2 Å². The first-order chi connectivity index (χ1) is 15.0. The van der Waals surface area contributed by atoms with Crippen LogP contribution in [0.15, 0.2) is 72.9 Å². The van der Waals surface area contributed by atoms with Crippen molar-refractivity contribution in [3.05, 3.63) is 89.2 Å². The molecule has 1 amide bonds. The molecule has 0 unspecified atom stereocenters. The highest BCUT2D eigenvalue weighted by atomic mass is 35.5. The van der Waals surface area contributed by atoms with Crippen LogP contribution in [0.5, 0.6) is 5.75 Å². The molecule has 2 aromatic carbocycles. The Bertz CT molecular complexity index is 1280. The summed E-state index contributed by atoms with van der Waals surface area (Å²) in [5.41, 5.74) is 4.15. The number of Topliss-reactive ketones (excluding diaryl/α,β-unsaturated/α-hetero) is 1. The predicted octanol–water partition coefficient (Wildman–Crippen LogP) is 5.65. The SMILES string of the molecule is CCc1ccc(NC(=O)C(=O)c2c(-c3ccc(OC)c(Cl)c3)cc3ccccn23)cc1. The van der Waals surface area contributed by atoms with Gasteiger partial charge in [0.2, 0.25) is 0 Å². The van der Waals surface area contributed by atoms with E-state index in [-0.39, 0.29) is 5.69 Å². The molecule has 0 aliphatic rings. The highest BCUT2D eigenvalue weighted by molar-refractivity contribution is 6.47. The minimum atomic E-state index is -0.700. The molecule has 2 aromatic heterocycles. The molecular weight excluding hydrogens is 412 g/mol. The van der Waals surface area contributed by atoms with Crippen LogP contribution in [0.3, 0.4) is 0 Å². The molecule has 0 radical (unpaired) electrons. The van der Waals surface area contributed by atoms with Crippen LogP contribution in [0, 0.1) is 0 Å². The van der Waals surface area contributed by atoms with E-state index in [0.29, 0.717) is 22.0 Å². The summed E-state index contributed by atoms with van der Waals surface area (Å²) in [5, 5.41) is 3.13. The number of carbonyl (C=O) groups is 2. The molecule has 5 nitrogen and oxygen atoms in total. The molecule has 0 spiro atoms. The topological polar surface area (TPSA) is 59.8 Å². The summed E-state index contributed by atoms with van der Waals surface area (Å²) in [6.45, 7) is 2.06. The Labute approximate surface area is 185 Å². The molecule has 156 valence electrons. The first-order valence-corrected chi connectivity index (χ1v) is 10.3. The van der Waals surface area contributed by atoms with Gasteiger partial charge in [-0.25, -0.2) is 0 Å².